The molecule has 0 saturated carbocycles. The van der Waals surface area contributed by atoms with Crippen LogP contribution in [-0.2, 0) is 31.8 Å². The van der Waals surface area contributed by atoms with Crippen LogP contribution in [-0.4, -0.2) is 38.8 Å². The Morgan fingerprint density at radius 1 is 1.00 bits per heavy atom. The molecule has 0 fully saturated rings. The largest absolute Gasteiger partial charge is 1.00 e. The van der Waals surface area contributed by atoms with Crippen molar-refractivity contribution >= 4 is 39.6 Å². The molecule has 0 aliphatic heterocycles. The van der Waals surface area contributed by atoms with E-state index in [0.717, 1.165) is 30.7 Å². The third kappa shape index (κ3) is 7.40. The summed E-state index contributed by atoms with van der Waals surface area (Å²) in [5, 5.41) is -0.578. The fourth-order valence-electron chi connectivity index (χ4n) is 4.10. The van der Waals surface area contributed by atoms with Crippen LogP contribution in [0.15, 0.2) is 75.5 Å². The fourth-order valence-corrected chi connectivity index (χ4v) is 4.92. The minimum Gasteiger partial charge on any atom is -0.790 e. The molecule has 4 aromatic heterocycles. The SMILES string of the molecule is CS(=O)(=O)c1ccc(-c2ccc3ncc4c(=O)n(COP(=O)([O-])[O-])c(=O)n(-c5cccc(C(F)(F)F)c5)c4c3n2)cn1.[Na+].[Na+]. The zero-order chi connectivity index (χ0) is 30.6. The summed E-state index contributed by atoms with van der Waals surface area (Å²) in [6, 6.07) is 9.12. The Morgan fingerprint density at radius 3 is 2.30 bits per heavy atom. The number of phosphoric ester groups is 1. The molecule has 0 N–H and O–H groups in total. The number of rotatable bonds is 6. The maximum Gasteiger partial charge on any atom is 1.00 e. The average Bonchev–Trinajstić information content (AvgIpc) is 2.91. The smallest absolute Gasteiger partial charge is 0.790 e. The Hall–Kier alpha value is -2.28. The van der Waals surface area contributed by atoms with Gasteiger partial charge in [0, 0.05) is 24.2 Å². The van der Waals surface area contributed by atoms with Crippen molar-refractivity contribution in [3.63, 3.8) is 0 Å². The molecule has 5 rings (SSSR count). The second-order valence-electron chi connectivity index (χ2n) is 8.85. The van der Waals surface area contributed by atoms with Gasteiger partial charge in [-0.2, -0.15) is 13.2 Å². The summed E-state index contributed by atoms with van der Waals surface area (Å²) in [5.41, 5.74) is -3.79. The number of hydrogen-bond acceptors (Lipinski definition) is 11. The van der Waals surface area contributed by atoms with Gasteiger partial charge >= 0.3 is 71.0 Å². The Bertz CT molecular complexity index is 2170. The fraction of sp³-hybridized carbons (Fsp3) is 0.125. The number of aromatic nitrogens is 5. The van der Waals surface area contributed by atoms with Crippen molar-refractivity contribution in [2.75, 3.05) is 6.26 Å². The van der Waals surface area contributed by atoms with Gasteiger partial charge in [0.1, 0.15) is 12.2 Å². The molecule has 1 aromatic carbocycles. The van der Waals surface area contributed by atoms with E-state index in [1.54, 1.807) is 0 Å². The van der Waals surface area contributed by atoms with Gasteiger partial charge in [0.25, 0.3) is 5.56 Å². The number of halogens is 3. The number of hydrogen-bond donors (Lipinski definition) is 0. The second-order valence-corrected chi connectivity index (χ2v) is 12.0. The van der Waals surface area contributed by atoms with Gasteiger partial charge in [0.15, 0.2) is 14.9 Å². The van der Waals surface area contributed by atoms with Gasteiger partial charge < -0.3 is 18.9 Å². The van der Waals surface area contributed by atoms with E-state index in [-0.39, 0.29) is 102 Å². The molecule has 218 valence electrons. The zero-order valence-electron chi connectivity index (χ0n) is 23.0. The van der Waals surface area contributed by atoms with E-state index in [1.807, 2.05) is 0 Å². The van der Waals surface area contributed by atoms with Gasteiger partial charge in [-0.05, 0) is 42.5 Å². The zero-order valence-corrected chi connectivity index (χ0v) is 28.7. The Kier molecular flexibility index (Phi) is 10.9. The van der Waals surface area contributed by atoms with Gasteiger partial charge in [-0.1, -0.05) is 6.07 Å². The summed E-state index contributed by atoms with van der Waals surface area (Å²) < 4.78 is 80.3. The van der Waals surface area contributed by atoms with Crippen molar-refractivity contribution < 1.29 is 99.6 Å². The average molecular weight is 667 g/mol. The van der Waals surface area contributed by atoms with Crippen LogP contribution in [0.3, 0.4) is 0 Å². The third-order valence-corrected chi connectivity index (χ3v) is 7.43. The Balaban J connectivity index is 0.00000264. The maximum absolute atomic E-state index is 13.6. The molecule has 0 bridgehead atoms. The van der Waals surface area contributed by atoms with Crippen LogP contribution in [0.1, 0.15) is 5.56 Å². The molecule has 4 heterocycles. The first kappa shape index (κ1) is 36.2. The number of phosphoric acid groups is 1. The molecular formula is C24H15F3N5Na2O8PS. The van der Waals surface area contributed by atoms with E-state index in [9.17, 15) is 45.5 Å². The molecule has 0 aliphatic carbocycles. The first-order valence-electron chi connectivity index (χ1n) is 11.5. The second kappa shape index (κ2) is 13.2. The minimum absolute atomic E-state index is 0. The van der Waals surface area contributed by atoms with E-state index in [0.29, 0.717) is 16.2 Å². The molecule has 0 spiro atoms. The van der Waals surface area contributed by atoms with Crippen molar-refractivity contribution in [2.45, 2.75) is 17.9 Å². The van der Waals surface area contributed by atoms with E-state index >= 15 is 0 Å². The normalized spacial score (nSPS) is 12.1. The van der Waals surface area contributed by atoms with Crippen LogP contribution >= 0.6 is 7.82 Å². The predicted octanol–water partition coefficient (Wildman–Crippen LogP) is -4.61. The van der Waals surface area contributed by atoms with E-state index < -0.39 is 47.4 Å². The topological polar surface area (TPSA) is 189 Å². The summed E-state index contributed by atoms with van der Waals surface area (Å²) in [6.07, 6.45) is -1.61. The van der Waals surface area contributed by atoms with Crippen LogP contribution in [0.5, 0.6) is 0 Å². The quantitative estimate of drug-likeness (QED) is 0.0963. The van der Waals surface area contributed by atoms with Crippen molar-refractivity contribution in [3.8, 4) is 16.9 Å². The molecule has 0 amide bonds. The molecule has 13 nitrogen and oxygen atoms in total. The predicted molar refractivity (Wildman–Crippen MR) is 137 cm³/mol. The molecular weight excluding hydrogens is 652 g/mol. The molecule has 0 saturated heterocycles. The van der Waals surface area contributed by atoms with Crippen molar-refractivity contribution in [1.82, 2.24) is 24.1 Å². The van der Waals surface area contributed by atoms with E-state index in [1.165, 1.54) is 30.5 Å². The van der Waals surface area contributed by atoms with Gasteiger partial charge in [-0.3, -0.25) is 14.3 Å². The van der Waals surface area contributed by atoms with Gasteiger partial charge in [0.2, 0.25) is 0 Å². The monoisotopic (exact) mass is 667 g/mol. The minimum atomic E-state index is -5.67. The summed E-state index contributed by atoms with van der Waals surface area (Å²) in [7, 11) is -9.28. The number of fused-ring (bicyclic) bond motifs is 3. The Labute approximate surface area is 289 Å². The van der Waals surface area contributed by atoms with E-state index in [4.69, 9.17) is 0 Å². The number of nitrogens with zero attached hydrogens (tertiary/aromatic N) is 5. The van der Waals surface area contributed by atoms with Crippen molar-refractivity contribution in [1.29, 1.82) is 0 Å². The number of pyridine rings is 3. The number of benzene rings is 1. The first-order chi connectivity index (χ1) is 19.5. The van der Waals surface area contributed by atoms with Crippen molar-refractivity contribution in [3.05, 3.63) is 87.3 Å². The van der Waals surface area contributed by atoms with Crippen LogP contribution < -0.4 is 80.2 Å². The molecule has 20 heteroatoms. The van der Waals surface area contributed by atoms with Gasteiger partial charge in [-0.15, -0.1) is 0 Å². The molecule has 0 radical (unpaired) electrons. The summed E-state index contributed by atoms with van der Waals surface area (Å²) in [6.45, 7) is -1.35. The summed E-state index contributed by atoms with van der Waals surface area (Å²) in [4.78, 5) is 61.5. The van der Waals surface area contributed by atoms with Crippen molar-refractivity contribution in [2.24, 2.45) is 0 Å². The first-order valence-corrected chi connectivity index (χ1v) is 14.9. The van der Waals surface area contributed by atoms with Gasteiger partial charge in [0.05, 0.1) is 41.2 Å². The molecule has 0 aliphatic rings. The summed E-state index contributed by atoms with van der Waals surface area (Å²) in [5.74, 6) is 0. The molecule has 5 aromatic rings. The number of alkyl halides is 3. The third-order valence-electron chi connectivity index (χ3n) is 6.00. The molecule has 0 unspecified atom stereocenters. The molecule has 0 atom stereocenters. The standard InChI is InChI=1S/C24H17F3N5O8PS.2Na/c1-42(38,39)19-8-5-13(10-29-19)17-6-7-18-20(30-17)21-16(11-28-18)22(33)31(12-40-41(35,36)37)23(34)32(21)15-4-2-3-14(9-15)24(25,26)27;;/h2-11H,12H2,1H3,(H2,35,36,37);;/q;2*+1/p-2. The van der Waals surface area contributed by atoms with E-state index in [2.05, 4.69) is 19.5 Å². The maximum atomic E-state index is 13.6. The van der Waals surface area contributed by atoms with Crippen LogP contribution in [0, 0.1) is 0 Å². The van der Waals surface area contributed by atoms with Crippen LogP contribution in [0.4, 0.5) is 13.2 Å². The van der Waals surface area contributed by atoms with Crippen LogP contribution in [0.2, 0.25) is 0 Å². The number of sulfone groups is 1. The van der Waals surface area contributed by atoms with Crippen LogP contribution in [0.25, 0.3) is 38.9 Å². The Morgan fingerprint density at radius 2 is 1.70 bits per heavy atom. The summed E-state index contributed by atoms with van der Waals surface area (Å²) >= 11 is 0. The molecule has 44 heavy (non-hydrogen) atoms. The van der Waals surface area contributed by atoms with Gasteiger partial charge in [-0.25, -0.2) is 27.7 Å².